The quantitative estimate of drug-likeness (QED) is 0.448. The van der Waals surface area contributed by atoms with Crippen molar-refractivity contribution in [2.24, 2.45) is 5.92 Å². The van der Waals surface area contributed by atoms with E-state index in [0.717, 1.165) is 25.3 Å². The molecule has 0 amide bonds. The van der Waals surface area contributed by atoms with Crippen molar-refractivity contribution < 1.29 is 4.74 Å². The maximum atomic E-state index is 5.43. The van der Waals surface area contributed by atoms with Crippen molar-refractivity contribution in [1.29, 1.82) is 0 Å². The number of rotatable bonds is 6. The van der Waals surface area contributed by atoms with Gasteiger partial charge in [0.2, 0.25) is 0 Å². The third-order valence-electron chi connectivity index (χ3n) is 1.68. The molecule has 0 unspecified atom stereocenters. The smallest absolute Gasteiger partial charge is 0.0913 e. The molecule has 0 aromatic carbocycles. The molecule has 0 aromatic rings. The SMILES string of the molecule is C=C(OCCCN(C)C)C(C)C. The highest BCUT2D eigenvalue weighted by Gasteiger charge is 1.99. The van der Waals surface area contributed by atoms with Crippen LogP contribution in [0.2, 0.25) is 0 Å². The van der Waals surface area contributed by atoms with Crippen LogP contribution >= 0.6 is 0 Å². The van der Waals surface area contributed by atoms with Gasteiger partial charge < -0.3 is 9.64 Å². The van der Waals surface area contributed by atoms with E-state index in [-0.39, 0.29) is 0 Å². The third kappa shape index (κ3) is 6.23. The number of allylic oxidation sites excluding steroid dienone is 1. The number of hydrogen-bond acceptors (Lipinski definition) is 2. The summed E-state index contributed by atoms with van der Waals surface area (Å²) in [5, 5.41) is 0. The minimum absolute atomic E-state index is 0.435. The summed E-state index contributed by atoms with van der Waals surface area (Å²) >= 11 is 0. The molecule has 2 heteroatoms. The van der Waals surface area contributed by atoms with Crippen LogP contribution in [-0.4, -0.2) is 32.1 Å². The minimum atomic E-state index is 0.435. The molecule has 72 valence electrons. The van der Waals surface area contributed by atoms with Gasteiger partial charge >= 0.3 is 0 Å². The first-order valence-electron chi connectivity index (χ1n) is 4.50. The molecule has 0 aromatic heterocycles. The van der Waals surface area contributed by atoms with Crippen molar-refractivity contribution in [3.05, 3.63) is 12.3 Å². The van der Waals surface area contributed by atoms with Crippen LogP contribution in [0, 0.1) is 5.92 Å². The maximum Gasteiger partial charge on any atom is 0.0913 e. The molecule has 0 spiro atoms. The van der Waals surface area contributed by atoms with E-state index in [9.17, 15) is 0 Å². The highest BCUT2D eigenvalue weighted by atomic mass is 16.5. The predicted molar refractivity (Wildman–Crippen MR) is 53.1 cm³/mol. The highest BCUT2D eigenvalue weighted by Crippen LogP contribution is 2.07. The van der Waals surface area contributed by atoms with Crippen LogP contribution in [0.1, 0.15) is 20.3 Å². The Labute approximate surface area is 76.2 Å². The highest BCUT2D eigenvalue weighted by molar-refractivity contribution is 4.85. The van der Waals surface area contributed by atoms with Gasteiger partial charge in [-0.1, -0.05) is 20.4 Å². The van der Waals surface area contributed by atoms with Gasteiger partial charge in [-0.15, -0.1) is 0 Å². The molecule has 0 bridgehead atoms. The van der Waals surface area contributed by atoms with Gasteiger partial charge in [-0.05, 0) is 20.5 Å². The molecule has 0 saturated heterocycles. The molecule has 12 heavy (non-hydrogen) atoms. The molecule has 2 nitrogen and oxygen atoms in total. The Morgan fingerprint density at radius 2 is 2.00 bits per heavy atom. The Morgan fingerprint density at radius 1 is 1.42 bits per heavy atom. The van der Waals surface area contributed by atoms with E-state index in [1.54, 1.807) is 0 Å². The van der Waals surface area contributed by atoms with E-state index in [1.165, 1.54) is 0 Å². The van der Waals surface area contributed by atoms with Crippen LogP contribution in [-0.2, 0) is 4.74 Å². The number of nitrogens with zero attached hydrogens (tertiary/aromatic N) is 1. The fourth-order valence-electron chi connectivity index (χ4n) is 0.751. The van der Waals surface area contributed by atoms with E-state index in [2.05, 4.69) is 39.4 Å². The second-order valence-electron chi connectivity index (χ2n) is 3.63. The Balaban J connectivity index is 3.26. The first-order chi connectivity index (χ1) is 5.54. The average Bonchev–Trinajstić information content (AvgIpc) is 1.97. The van der Waals surface area contributed by atoms with Crippen LogP contribution < -0.4 is 0 Å². The van der Waals surface area contributed by atoms with Gasteiger partial charge in [0.25, 0.3) is 0 Å². The molecule has 0 N–H and O–H groups in total. The normalized spacial score (nSPS) is 10.8. The largest absolute Gasteiger partial charge is 0.498 e. The topological polar surface area (TPSA) is 12.5 Å². The van der Waals surface area contributed by atoms with Gasteiger partial charge in [0.1, 0.15) is 0 Å². The van der Waals surface area contributed by atoms with Crippen LogP contribution in [0.15, 0.2) is 12.3 Å². The van der Waals surface area contributed by atoms with Gasteiger partial charge in [-0.3, -0.25) is 0 Å². The Kier molecular flexibility index (Phi) is 5.81. The van der Waals surface area contributed by atoms with Crippen LogP contribution in [0.25, 0.3) is 0 Å². The second kappa shape index (κ2) is 6.06. The summed E-state index contributed by atoms with van der Waals surface area (Å²) in [6.07, 6.45) is 1.07. The minimum Gasteiger partial charge on any atom is -0.498 e. The molecule has 0 aliphatic carbocycles. The molecular weight excluding hydrogens is 150 g/mol. The predicted octanol–water partition coefficient (Wildman–Crippen LogP) is 2.12. The molecule has 0 aliphatic heterocycles. The zero-order valence-electron chi connectivity index (χ0n) is 8.76. The van der Waals surface area contributed by atoms with E-state index in [1.807, 2.05) is 0 Å². The maximum absolute atomic E-state index is 5.43. The summed E-state index contributed by atoms with van der Waals surface area (Å²) in [5.41, 5.74) is 0. The van der Waals surface area contributed by atoms with E-state index in [0.29, 0.717) is 5.92 Å². The summed E-state index contributed by atoms with van der Waals surface area (Å²) < 4.78 is 5.43. The molecule has 0 saturated carbocycles. The molecule has 0 aliphatic rings. The molecule has 0 atom stereocenters. The lowest BCUT2D eigenvalue weighted by atomic mass is 10.2. The van der Waals surface area contributed by atoms with Crippen molar-refractivity contribution in [3.8, 4) is 0 Å². The fraction of sp³-hybridized carbons (Fsp3) is 0.800. The lowest BCUT2D eigenvalue weighted by Gasteiger charge is -2.13. The van der Waals surface area contributed by atoms with E-state index in [4.69, 9.17) is 4.74 Å². The lowest BCUT2D eigenvalue weighted by Crippen LogP contribution is -2.15. The van der Waals surface area contributed by atoms with Crippen molar-refractivity contribution in [2.75, 3.05) is 27.2 Å². The van der Waals surface area contributed by atoms with Crippen molar-refractivity contribution in [2.45, 2.75) is 20.3 Å². The first kappa shape index (κ1) is 11.5. The van der Waals surface area contributed by atoms with Crippen molar-refractivity contribution >= 4 is 0 Å². The average molecular weight is 171 g/mol. The summed E-state index contributed by atoms with van der Waals surface area (Å²) in [6.45, 7) is 9.88. The van der Waals surface area contributed by atoms with Gasteiger partial charge in [0, 0.05) is 12.5 Å². The second-order valence-corrected chi connectivity index (χ2v) is 3.63. The Bertz CT molecular complexity index is 130. The lowest BCUT2D eigenvalue weighted by molar-refractivity contribution is 0.174. The van der Waals surface area contributed by atoms with Crippen LogP contribution in [0.4, 0.5) is 0 Å². The van der Waals surface area contributed by atoms with Gasteiger partial charge in [-0.25, -0.2) is 0 Å². The molecule has 0 radical (unpaired) electrons. The fourth-order valence-corrected chi connectivity index (χ4v) is 0.751. The summed E-state index contributed by atoms with van der Waals surface area (Å²) in [5.74, 6) is 1.33. The summed E-state index contributed by atoms with van der Waals surface area (Å²) in [6, 6.07) is 0. The molecular formula is C10H21NO. The van der Waals surface area contributed by atoms with Crippen LogP contribution in [0.3, 0.4) is 0 Å². The van der Waals surface area contributed by atoms with E-state index < -0.39 is 0 Å². The van der Waals surface area contributed by atoms with Gasteiger partial charge in [0.05, 0.1) is 12.4 Å². The molecule has 0 rings (SSSR count). The first-order valence-corrected chi connectivity index (χ1v) is 4.50. The molecule has 0 fully saturated rings. The molecule has 0 heterocycles. The zero-order valence-corrected chi connectivity index (χ0v) is 8.76. The monoisotopic (exact) mass is 171 g/mol. The number of hydrogen-bond donors (Lipinski definition) is 0. The third-order valence-corrected chi connectivity index (χ3v) is 1.68. The van der Waals surface area contributed by atoms with Gasteiger partial charge in [-0.2, -0.15) is 0 Å². The van der Waals surface area contributed by atoms with Crippen LogP contribution in [0.5, 0.6) is 0 Å². The van der Waals surface area contributed by atoms with Crippen molar-refractivity contribution in [3.63, 3.8) is 0 Å². The zero-order chi connectivity index (χ0) is 9.56. The van der Waals surface area contributed by atoms with E-state index >= 15 is 0 Å². The Hall–Kier alpha value is -0.500. The standard InChI is InChI=1S/C10H21NO/c1-9(2)10(3)12-8-6-7-11(4)5/h9H,3,6-8H2,1-2,4-5H3. The summed E-state index contributed by atoms with van der Waals surface area (Å²) in [7, 11) is 4.13. The summed E-state index contributed by atoms with van der Waals surface area (Å²) in [4.78, 5) is 2.15. The number of ether oxygens (including phenoxy) is 1. The Morgan fingerprint density at radius 3 is 2.42 bits per heavy atom. The van der Waals surface area contributed by atoms with Crippen molar-refractivity contribution in [1.82, 2.24) is 4.90 Å². The van der Waals surface area contributed by atoms with Gasteiger partial charge in [0.15, 0.2) is 0 Å².